The molecular weight excluding hydrogens is 360 g/mol. The first-order chi connectivity index (χ1) is 12.6. The number of hydrogen-bond donors (Lipinski definition) is 3. The number of nitriles is 1. The van der Waals surface area contributed by atoms with Crippen LogP contribution in [-0.2, 0) is 23.3 Å². The van der Waals surface area contributed by atoms with Crippen molar-refractivity contribution in [3.05, 3.63) is 40.2 Å². The van der Waals surface area contributed by atoms with Gasteiger partial charge >= 0.3 is 0 Å². The maximum atomic E-state index is 12.5. The van der Waals surface area contributed by atoms with Gasteiger partial charge in [-0.25, -0.2) is 0 Å². The van der Waals surface area contributed by atoms with E-state index in [1.54, 1.807) is 17.6 Å². The molecule has 27 heavy (non-hydrogen) atoms. The highest BCUT2D eigenvalue weighted by Gasteiger charge is 2.44. The number of amides is 1. The summed E-state index contributed by atoms with van der Waals surface area (Å²) in [7, 11) is 1.95. The minimum atomic E-state index is -0.113. The third-order valence-corrected chi connectivity index (χ3v) is 6.35. The molecule has 2 aromatic rings. The number of carbonyl (C=O) groups excluding carboxylic acids is 1. The largest absolute Gasteiger partial charge is 0.463 e. The van der Waals surface area contributed by atoms with Crippen LogP contribution in [0.3, 0.4) is 0 Å². The number of nitrogens with zero attached hydrogens (tertiary/aromatic N) is 1. The molecule has 4 N–H and O–H groups in total. The normalized spacial score (nSPS) is 18.4. The molecule has 7 heteroatoms. The lowest BCUT2D eigenvalue weighted by molar-refractivity contribution is -0.886. The second-order valence-electron chi connectivity index (χ2n) is 8.70. The average molecular weight is 389 g/mol. The van der Waals surface area contributed by atoms with Gasteiger partial charge in [-0.2, -0.15) is 5.26 Å². The molecule has 1 amide bonds. The van der Waals surface area contributed by atoms with E-state index in [2.05, 4.69) is 44.4 Å². The molecule has 1 unspecified atom stereocenters. The van der Waals surface area contributed by atoms with E-state index in [1.807, 2.05) is 19.2 Å². The van der Waals surface area contributed by atoms with E-state index in [0.29, 0.717) is 23.7 Å². The molecule has 1 atom stereocenters. The zero-order valence-corrected chi connectivity index (χ0v) is 17.4. The number of rotatable bonds is 5. The second kappa shape index (κ2) is 7.12. The zero-order chi connectivity index (χ0) is 19.8. The van der Waals surface area contributed by atoms with Gasteiger partial charge in [-0.05, 0) is 45.4 Å². The summed E-state index contributed by atoms with van der Waals surface area (Å²) in [5.74, 6) is 0.763. The third-order valence-electron chi connectivity index (χ3n) is 4.86. The van der Waals surface area contributed by atoms with Crippen molar-refractivity contribution in [1.29, 1.82) is 5.26 Å². The second-order valence-corrected chi connectivity index (χ2v) is 9.72. The lowest BCUT2D eigenvalue weighted by Gasteiger charge is -2.38. The Morgan fingerprint density at radius 1 is 1.44 bits per heavy atom. The average Bonchev–Trinajstić information content (AvgIpc) is 3.13. The lowest BCUT2D eigenvalue weighted by Crippen LogP contribution is -3.08. The summed E-state index contributed by atoms with van der Waals surface area (Å²) in [5, 5.41) is 15.8. The number of quaternary nitrogens is 2. The van der Waals surface area contributed by atoms with E-state index in [4.69, 9.17) is 4.42 Å². The topological polar surface area (TPSA) is 87.1 Å². The van der Waals surface area contributed by atoms with Crippen molar-refractivity contribution in [2.75, 3.05) is 18.9 Å². The molecule has 1 aliphatic heterocycles. The third kappa shape index (κ3) is 4.24. The Balaban J connectivity index is 1.77. The van der Waals surface area contributed by atoms with Gasteiger partial charge in [-0.1, -0.05) is 0 Å². The first-order valence-corrected chi connectivity index (χ1v) is 10.00. The monoisotopic (exact) mass is 388 g/mol. The molecule has 0 saturated heterocycles. The fourth-order valence-corrected chi connectivity index (χ4v) is 5.39. The van der Waals surface area contributed by atoms with E-state index in [1.165, 1.54) is 4.88 Å². The summed E-state index contributed by atoms with van der Waals surface area (Å²) in [5.41, 5.74) is 1.63. The van der Waals surface area contributed by atoms with Crippen molar-refractivity contribution in [1.82, 2.24) is 0 Å². The van der Waals surface area contributed by atoms with Crippen LogP contribution < -0.4 is 15.5 Å². The SMILES string of the molecule is C[NH+](CC(=O)Nc1sc2c(c1C#N)CC(C)(C)[NH2+]C2(C)C)Cc1ccco1. The van der Waals surface area contributed by atoms with Crippen LogP contribution in [0.2, 0.25) is 0 Å². The van der Waals surface area contributed by atoms with Crippen LogP contribution in [0.25, 0.3) is 0 Å². The van der Waals surface area contributed by atoms with Crippen LogP contribution in [0.1, 0.15) is 49.5 Å². The molecule has 144 valence electrons. The number of carbonyl (C=O) groups is 1. The number of hydrogen-bond acceptors (Lipinski definition) is 4. The van der Waals surface area contributed by atoms with Gasteiger partial charge in [0.2, 0.25) is 0 Å². The maximum Gasteiger partial charge on any atom is 0.280 e. The summed E-state index contributed by atoms with van der Waals surface area (Å²) in [6.07, 6.45) is 2.46. The Bertz CT molecular complexity index is 875. The number of furan rings is 1. The predicted octanol–water partition coefficient (Wildman–Crippen LogP) is 0.999. The summed E-state index contributed by atoms with van der Waals surface area (Å²) in [6.45, 7) is 9.70. The molecule has 6 nitrogen and oxygen atoms in total. The van der Waals surface area contributed by atoms with Crippen LogP contribution in [0.15, 0.2) is 22.8 Å². The van der Waals surface area contributed by atoms with E-state index in [-0.39, 0.29) is 17.0 Å². The van der Waals surface area contributed by atoms with Gasteiger partial charge in [0.05, 0.1) is 29.3 Å². The lowest BCUT2D eigenvalue weighted by atomic mass is 9.81. The Labute approximate surface area is 164 Å². The summed E-state index contributed by atoms with van der Waals surface area (Å²) < 4.78 is 5.34. The summed E-state index contributed by atoms with van der Waals surface area (Å²) in [4.78, 5) is 14.8. The van der Waals surface area contributed by atoms with Gasteiger partial charge in [-0.3, -0.25) is 4.79 Å². The van der Waals surface area contributed by atoms with Crippen molar-refractivity contribution < 1.29 is 19.4 Å². The minimum Gasteiger partial charge on any atom is -0.463 e. The number of nitrogens with two attached hydrogens (primary N) is 1. The fraction of sp³-hybridized carbons (Fsp3) is 0.500. The molecule has 0 aliphatic carbocycles. The smallest absolute Gasteiger partial charge is 0.280 e. The van der Waals surface area contributed by atoms with Crippen LogP contribution in [-0.4, -0.2) is 25.0 Å². The first-order valence-electron chi connectivity index (χ1n) is 9.18. The standard InChI is InChI=1S/C20H26N4O2S/c1-19(2)9-14-15(10-21)18(27-17(14)20(3,4)23-19)22-16(25)12-24(5)11-13-7-6-8-26-13/h6-8,23H,9,11-12H2,1-5H3,(H,22,25)/p+2. The molecule has 3 rings (SSSR count). The van der Waals surface area contributed by atoms with Gasteiger partial charge in [0.25, 0.3) is 5.91 Å². The molecule has 0 aromatic carbocycles. The molecular formula is C20H28N4O2S+2. The highest BCUT2D eigenvalue weighted by molar-refractivity contribution is 7.16. The minimum absolute atomic E-state index is 0.0257. The van der Waals surface area contributed by atoms with Crippen LogP contribution in [0, 0.1) is 11.3 Å². The molecule has 2 aromatic heterocycles. The Hall–Kier alpha value is -2.14. The van der Waals surface area contributed by atoms with Crippen molar-refractivity contribution in [3.8, 4) is 6.07 Å². The molecule has 0 radical (unpaired) electrons. The number of fused-ring (bicyclic) bond motifs is 1. The van der Waals surface area contributed by atoms with Gasteiger partial charge in [0.15, 0.2) is 12.3 Å². The molecule has 0 bridgehead atoms. The Morgan fingerprint density at radius 3 is 2.81 bits per heavy atom. The van der Waals surface area contributed by atoms with Crippen LogP contribution in [0.4, 0.5) is 5.00 Å². The zero-order valence-electron chi connectivity index (χ0n) is 16.6. The molecule has 0 fully saturated rings. The van der Waals surface area contributed by atoms with E-state index in [0.717, 1.165) is 22.6 Å². The highest BCUT2D eigenvalue weighted by Crippen LogP contribution is 2.41. The van der Waals surface area contributed by atoms with Gasteiger partial charge in [-0.15, -0.1) is 11.3 Å². The number of likely N-dealkylation sites (N-methyl/N-ethyl adjacent to an activating group) is 1. The predicted molar refractivity (Wildman–Crippen MR) is 105 cm³/mol. The quantitative estimate of drug-likeness (QED) is 0.714. The number of thiophene rings is 1. The van der Waals surface area contributed by atoms with Crippen molar-refractivity contribution in [3.63, 3.8) is 0 Å². The number of anilines is 1. The van der Waals surface area contributed by atoms with Crippen molar-refractivity contribution >= 4 is 22.2 Å². The summed E-state index contributed by atoms with van der Waals surface area (Å²) >= 11 is 1.54. The van der Waals surface area contributed by atoms with E-state index in [9.17, 15) is 10.1 Å². The maximum absolute atomic E-state index is 12.5. The van der Waals surface area contributed by atoms with Crippen LogP contribution >= 0.6 is 11.3 Å². The van der Waals surface area contributed by atoms with Crippen molar-refractivity contribution in [2.45, 2.75) is 51.7 Å². The summed E-state index contributed by atoms with van der Waals surface area (Å²) in [6, 6.07) is 6.09. The van der Waals surface area contributed by atoms with Gasteiger partial charge in [0, 0.05) is 6.42 Å². The van der Waals surface area contributed by atoms with Crippen LogP contribution in [0.5, 0.6) is 0 Å². The molecule has 3 heterocycles. The first kappa shape index (κ1) is 19.6. The van der Waals surface area contributed by atoms with E-state index >= 15 is 0 Å². The van der Waals surface area contributed by atoms with Gasteiger partial charge in [0.1, 0.15) is 23.2 Å². The fourth-order valence-electron chi connectivity index (χ4n) is 4.13. The Kier molecular flexibility index (Phi) is 5.17. The highest BCUT2D eigenvalue weighted by atomic mass is 32.1. The van der Waals surface area contributed by atoms with Crippen molar-refractivity contribution in [2.24, 2.45) is 0 Å². The molecule has 0 spiro atoms. The van der Waals surface area contributed by atoms with Gasteiger partial charge < -0.3 is 20.0 Å². The Morgan fingerprint density at radius 2 is 2.19 bits per heavy atom. The van der Waals surface area contributed by atoms with E-state index < -0.39 is 0 Å². The molecule has 0 saturated carbocycles. The molecule has 1 aliphatic rings. The number of nitrogens with one attached hydrogen (secondary N) is 2.